The summed E-state index contributed by atoms with van der Waals surface area (Å²) in [4.78, 5) is 0. The molecule has 0 bridgehead atoms. The number of anilines is 1. The molecule has 1 aromatic rings. The Labute approximate surface area is 110 Å². The van der Waals surface area contributed by atoms with Crippen molar-refractivity contribution in [1.82, 2.24) is 0 Å². The first-order valence-corrected chi connectivity index (χ1v) is 5.23. The van der Waals surface area contributed by atoms with Crippen molar-refractivity contribution in [2.24, 2.45) is 0 Å². The molecule has 0 aliphatic heterocycles. The molecule has 2 N–H and O–H groups in total. The lowest BCUT2D eigenvalue weighted by molar-refractivity contribution is -0.324. The number of halogens is 6. The Morgan fingerprint density at radius 2 is 1.65 bits per heavy atom. The van der Waals surface area contributed by atoms with Crippen LogP contribution < -0.4 is 10.5 Å². The highest BCUT2D eigenvalue weighted by molar-refractivity contribution is 5.48. The Morgan fingerprint density at radius 1 is 1.10 bits per heavy atom. The smallest absolute Gasteiger partial charge is 0.423 e. The van der Waals surface area contributed by atoms with E-state index in [2.05, 4.69) is 4.74 Å². The summed E-state index contributed by atoms with van der Waals surface area (Å²) >= 11 is 0. The molecule has 0 aromatic heterocycles. The topological polar surface area (TPSA) is 44.5 Å². The standard InChI is InChI=1S/C11H11F6NO2/c1-19-8-4-7(18)3-2-6(8)5-20-9(10(12,13)14)11(15,16)17/h2-4,9H,5,18H2,1H3. The molecule has 0 spiro atoms. The average Bonchev–Trinajstić information content (AvgIpc) is 2.27. The number of hydrogen-bond acceptors (Lipinski definition) is 3. The Hall–Kier alpha value is -1.64. The van der Waals surface area contributed by atoms with Gasteiger partial charge in [0.2, 0.25) is 6.10 Å². The third-order valence-corrected chi connectivity index (χ3v) is 2.31. The van der Waals surface area contributed by atoms with E-state index >= 15 is 0 Å². The first kappa shape index (κ1) is 16.4. The summed E-state index contributed by atoms with van der Waals surface area (Å²) in [5.74, 6) is 0.0492. The van der Waals surface area contributed by atoms with Crippen LogP contribution in [-0.2, 0) is 11.3 Å². The number of nitrogens with two attached hydrogens (primary N) is 1. The molecular weight excluding hydrogens is 292 g/mol. The van der Waals surface area contributed by atoms with Gasteiger partial charge in [-0.3, -0.25) is 0 Å². The van der Waals surface area contributed by atoms with Crippen molar-refractivity contribution < 1.29 is 35.8 Å². The SMILES string of the molecule is COc1cc(N)ccc1COC(C(F)(F)F)C(F)(F)F. The molecule has 1 rings (SSSR count). The van der Waals surface area contributed by atoms with Crippen LogP contribution in [0.15, 0.2) is 18.2 Å². The lowest BCUT2D eigenvalue weighted by Gasteiger charge is -2.23. The maximum absolute atomic E-state index is 12.3. The highest BCUT2D eigenvalue weighted by atomic mass is 19.4. The lowest BCUT2D eigenvalue weighted by Crippen LogP contribution is -2.44. The second-order valence-electron chi connectivity index (χ2n) is 3.85. The minimum Gasteiger partial charge on any atom is -0.496 e. The third kappa shape index (κ3) is 4.19. The zero-order chi connectivity index (χ0) is 15.6. The minimum absolute atomic E-state index is 0.0280. The Bertz CT molecular complexity index is 443. The number of alkyl halides is 6. The molecule has 9 heteroatoms. The number of benzene rings is 1. The quantitative estimate of drug-likeness (QED) is 0.686. The van der Waals surface area contributed by atoms with Gasteiger partial charge in [0, 0.05) is 17.3 Å². The van der Waals surface area contributed by atoms with Crippen molar-refractivity contribution in [2.45, 2.75) is 25.1 Å². The van der Waals surface area contributed by atoms with E-state index in [-0.39, 0.29) is 17.0 Å². The summed E-state index contributed by atoms with van der Waals surface area (Å²) in [7, 11) is 1.21. The number of rotatable bonds is 4. The summed E-state index contributed by atoms with van der Waals surface area (Å²) in [5.41, 5.74) is 5.70. The summed E-state index contributed by atoms with van der Waals surface area (Å²) in [5, 5.41) is 0. The van der Waals surface area contributed by atoms with Crippen LogP contribution in [0.4, 0.5) is 32.0 Å². The van der Waals surface area contributed by atoms with Gasteiger partial charge in [-0.1, -0.05) is 6.07 Å². The van der Waals surface area contributed by atoms with E-state index in [0.29, 0.717) is 0 Å². The van der Waals surface area contributed by atoms with Crippen molar-refractivity contribution in [1.29, 1.82) is 0 Å². The fraction of sp³-hybridized carbons (Fsp3) is 0.455. The maximum Gasteiger partial charge on any atom is 0.423 e. The van der Waals surface area contributed by atoms with Gasteiger partial charge in [-0.25, -0.2) is 0 Å². The molecule has 0 atom stereocenters. The summed E-state index contributed by atoms with van der Waals surface area (Å²) in [6.45, 7) is -0.910. The second-order valence-corrected chi connectivity index (χ2v) is 3.85. The van der Waals surface area contributed by atoms with E-state index in [1.165, 1.54) is 25.3 Å². The van der Waals surface area contributed by atoms with E-state index < -0.39 is 25.1 Å². The molecule has 0 unspecified atom stereocenters. The van der Waals surface area contributed by atoms with Crippen LogP contribution in [0.2, 0.25) is 0 Å². The molecule has 0 aliphatic carbocycles. The molecule has 0 aliphatic rings. The predicted molar refractivity (Wildman–Crippen MR) is 58.1 cm³/mol. The predicted octanol–water partition coefficient (Wildman–Crippen LogP) is 3.29. The van der Waals surface area contributed by atoms with E-state index in [0.717, 1.165) is 0 Å². The maximum atomic E-state index is 12.3. The largest absolute Gasteiger partial charge is 0.496 e. The lowest BCUT2D eigenvalue weighted by atomic mass is 10.2. The van der Waals surface area contributed by atoms with Gasteiger partial charge in [0.15, 0.2) is 0 Å². The van der Waals surface area contributed by atoms with Gasteiger partial charge in [-0.2, -0.15) is 26.3 Å². The second kappa shape index (κ2) is 5.78. The number of methoxy groups -OCH3 is 1. The van der Waals surface area contributed by atoms with E-state index in [1.54, 1.807) is 0 Å². The fourth-order valence-corrected chi connectivity index (χ4v) is 1.43. The summed E-state index contributed by atoms with van der Waals surface area (Å²) < 4.78 is 82.4. The molecule has 0 saturated heterocycles. The Kier molecular flexibility index (Phi) is 4.74. The molecule has 0 fully saturated rings. The van der Waals surface area contributed by atoms with Gasteiger partial charge < -0.3 is 15.2 Å². The summed E-state index contributed by atoms with van der Waals surface area (Å²) in [6, 6.07) is 3.82. The van der Waals surface area contributed by atoms with Crippen LogP contribution in [0.1, 0.15) is 5.56 Å². The zero-order valence-electron chi connectivity index (χ0n) is 10.2. The Morgan fingerprint density at radius 3 is 2.10 bits per heavy atom. The van der Waals surface area contributed by atoms with Crippen LogP contribution in [-0.4, -0.2) is 25.6 Å². The van der Waals surface area contributed by atoms with Gasteiger partial charge in [0.25, 0.3) is 0 Å². The van der Waals surface area contributed by atoms with Crippen LogP contribution in [0.5, 0.6) is 5.75 Å². The highest BCUT2D eigenvalue weighted by Crippen LogP contribution is 2.36. The average molecular weight is 303 g/mol. The third-order valence-electron chi connectivity index (χ3n) is 2.31. The van der Waals surface area contributed by atoms with Crippen molar-refractivity contribution in [2.75, 3.05) is 12.8 Å². The van der Waals surface area contributed by atoms with Crippen LogP contribution in [0.3, 0.4) is 0 Å². The van der Waals surface area contributed by atoms with Crippen LogP contribution in [0.25, 0.3) is 0 Å². The van der Waals surface area contributed by atoms with E-state index in [4.69, 9.17) is 10.5 Å². The van der Waals surface area contributed by atoms with E-state index in [9.17, 15) is 26.3 Å². The molecule has 1 aromatic carbocycles. The molecule has 0 saturated carbocycles. The van der Waals surface area contributed by atoms with Crippen LogP contribution in [0, 0.1) is 0 Å². The normalized spacial score (nSPS) is 12.8. The van der Waals surface area contributed by atoms with Crippen molar-refractivity contribution in [3.8, 4) is 5.75 Å². The molecule has 0 amide bonds. The van der Waals surface area contributed by atoms with Crippen molar-refractivity contribution >= 4 is 5.69 Å². The number of nitrogen functional groups attached to an aromatic ring is 1. The molecule has 3 nitrogen and oxygen atoms in total. The summed E-state index contributed by atoms with van der Waals surface area (Å²) in [6.07, 6.45) is -14.9. The molecular formula is C11H11F6NO2. The van der Waals surface area contributed by atoms with E-state index in [1.807, 2.05) is 0 Å². The fourth-order valence-electron chi connectivity index (χ4n) is 1.43. The molecule has 0 heterocycles. The number of hydrogen-bond donors (Lipinski definition) is 1. The van der Waals surface area contributed by atoms with Crippen molar-refractivity contribution in [3.63, 3.8) is 0 Å². The molecule has 20 heavy (non-hydrogen) atoms. The zero-order valence-corrected chi connectivity index (χ0v) is 10.2. The van der Waals surface area contributed by atoms with Gasteiger partial charge in [-0.05, 0) is 6.07 Å². The Balaban J connectivity index is 2.89. The van der Waals surface area contributed by atoms with Gasteiger partial charge >= 0.3 is 12.4 Å². The van der Waals surface area contributed by atoms with Gasteiger partial charge in [0.05, 0.1) is 13.7 Å². The van der Waals surface area contributed by atoms with Gasteiger partial charge in [-0.15, -0.1) is 0 Å². The van der Waals surface area contributed by atoms with Crippen LogP contribution >= 0.6 is 0 Å². The van der Waals surface area contributed by atoms with Crippen molar-refractivity contribution in [3.05, 3.63) is 23.8 Å². The minimum atomic E-state index is -5.54. The van der Waals surface area contributed by atoms with Gasteiger partial charge in [0.1, 0.15) is 5.75 Å². The first-order valence-electron chi connectivity index (χ1n) is 5.23. The highest BCUT2D eigenvalue weighted by Gasteiger charge is 2.57. The molecule has 0 radical (unpaired) electrons. The first-order chi connectivity index (χ1) is 9.05. The monoisotopic (exact) mass is 303 g/mol. The molecule has 114 valence electrons. The number of ether oxygens (including phenoxy) is 2.